The summed E-state index contributed by atoms with van der Waals surface area (Å²) in [6.07, 6.45) is 0.981. The number of halogens is 1. The fraction of sp³-hybridized carbons (Fsp3) is 0.917. The Hall–Kier alpha value is -0.840. The van der Waals surface area contributed by atoms with Gasteiger partial charge in [-0.25, -0.2) is 9.18 Å². The summed E-state index contributed by atoms with van der Waals surface area (Å²) >= 11 is 0. The lowest BCUT2D eigenvalue weighted by Crippen LogP contribution is -2.51. The van der Waals surface area contributed by atoms with E-state index < -0.39 is 24.0 Å². The molecule has 3 fully saturated rings. The lowest BCUT2D eigenvalue weighted by molar-refractivity contribution is -0.0346. The van der Waals surface area contributed by atoms with E-state index in [2.05, 4.69) is 5.32 Å². The molecule has 0 aromatic heterocycles. The minimum atomic E-state index is -0.546. The second-order valence-corrected chi connectivity index (χ2v) is 6.31. The number of rotatable bonds is 3. The van der Waals surface area contributed by atoms with Crippen molar-refractivity contribution in [3.63, 3.8) is 0 Å². The molecule has 0 radical (unpaired) electrons. The van der Waals surface area contributed by atoms with Gasteiger partial charge in [0.25, 0.3) is 0 Å². The van der Waals surface area contributed by atoms with Gasteiger partial charge in [-0.1, -0.05) is 0 Å². The van der Waals surface area contributed by atoms with Crippen LogP contribution in [-0.4, -0.2) is 37.1 Å². The van der Waals surface area contributed by atoms with Crippen molar-refractivity contribution in [2.24, 2.45) is 5.41 Å². The molecule has 1 saturated carbocycles. The molecule has 17 heavy (non-hydrogen) atoms. The van der Waals surface area contributed by atoms with Gasteiger partial charge in [-0.05, 0) is 33.6 Å². The Bertz CT molecular complexity index is 318. The Morgan fingerprint density at radius 1 is 1.47 bits per heavy atom. The highest BCUT2D eigenvalue weighted by atomic mass is 19.1. The Morgan fingerprint density at radius 3 is 2.59 bits per heavy atom. The van der Waals surface area contributed by atoms with E-state index in [4.69, 9.17) is 9.47 Å². The minimum absolute atomic E-state index is 0.0665. The van der Waals surface area contributed by atoms with Crippen molar-refractivity contribution >= 4 is 6.09 Å². The summed E-state index contributed by atoms with van der Waals surface area (Å²) in [5.74, 6) is 0. The van der Waals surface area contributed by atoms with Gasteiger partial charge < -0.3 is 14.8 Å². The molecule has 1 aliphatic carbocycles. The zero-order chi connectivity index (χ0) is 12.7. The molecule has 4 nitrogen and oxygen atoms in total. The van der Waals surface area contributed by atoms with Crippen LogP contribution in [0.5, 0.6) is 0 Å². The fourth-order valence-corrected chi connectivity index (χ4v) is 2.71. The summed E-state index contributed by atoms with van der Waals surface area (Å²) in [6, 6.07) is 0. The smallest absolute Gasteiger partial charge is 0.407 e. The van der Waals surface area contributed by atoms with Crippen molar-refractivity contribution in [1.29, 1.82) is 0 Å². The first-order valence-corrected chi connectivity index (χ1v) is 5.95. The number of hydrogen-bond donors (Lipinski definition) is 1. The van der Waals surface area contributed by atoms with Crippen LogP contribution < -0.4 is 5.32 Å². The van der Waals surface area contributed by atoms with Crippen LogP contribution in [0.25, 0.3) is 0 Å². The monoisotopic (exact) mass is 245 g/mol. The van der Waals surface area contributed by atoms with Crippen molar-refractivity contribution < 1.29 is 18.7 Å². The predicted octanol–water partition coefficient (Wildman–Crippen LogP) is 2.03. The summed E-state index contributed by atoms with van der Waals surface area (Å²) in [5, 5.41) is 2.74. The number of fused-ring (bicyclic) bond motifs is 1. The fourth-order valence-electron chi connectivity index (χ4n) is 2.71. The standard InChI is InChI=1S/C12H20FNO3/c1-10(2,3)17-9(15)14-7-11-4-12(5-11,6-13)16-8-11/h4-8H2,1-3H3,(H,14,15). The van der Waals surface area contributed by atoms with Gasteiger partial charge in [0.2, 0.25) is 0 Å². The third-order valence-electron chi connectivity index (χ3n) is 3.33. The Kier molecular flexibility index (Phi) is 2.84. The van der Waals surface area contributed by atoms with Crippen molar-refractivity contribution in [2.75, 3.05) is 19.8 Å². The van der Waals surface area contributed by atoms with Crippen molar-refractivity contribution in [3.8, 4) is 0 Å². The number of nitrogens with one attached hydrogen (secondary N) is 1. The second kappa shape index (κ2) is 3.83. The highest BCUT2D eigenvalue weighted by Gasteiger charge is 2.62. The molecule has 2 bridgehead atoms. The normalized spacial score (nSPS) is 35.3. The molecule has 1 N–H and O–H groups in total. The van der Waals surface area contributed by atoms with Gasteiger partial charge in [-0.3, -0.25) is 0 Å². The van der Waals surface area contributed by atoms with Crippen LogP contribution in [0.15, 0.2) is 0 Å². The highest BCUT2D eigenvalue weighted by Crippen LogP contribution is 2.57. The second-order valence-electron chi connectivity index (χ2n) is 6.31. The van der Waals surface area contributed by atoms with Crippen molar-refractivity contribution in [2.45, 2.75) is 44.8 Å². The average Bonchev–Trinajstić information content (AvgIpc) is 2.67. The Morgan fingerprint density at radius 2 is 2.12 bits per heavy atom. The van der Waals surface area contributed by atoms with Crippen molar-refractivity contribution in [1.82, 2.24) is 5.32 Å². The average molecular weight is 245 g/mol. The number of amides is 1. The molecule has 0 aromatic rings. The summed E-state index contributed by atoms with van der Waals surface area (Å²) in [4.78, 5) is 11.5. The summed E-state index contributed by atoms with van der Waals surface area (Å²) in [6.45, 7) is 6.07. The molecule has 2 aliphatic heterocycles. The topological polar surface area (TPSA) is 47.6 Å². The van der Waals surface area contributed by atoms with Crippen LogP contribution in [0.4, 0.5) is 9.18 Å². The molecule has 0 aromatic carbocycles. The summed E-state index contributed by atoms with van der Waals surface area (Å²) in [7, 11) is 0. The van der Waals surface area contributed by atoms with Crippen LogP contribution in [-0.2, 0) is 9.47 Å². The van der Waals surface area contributed by atoms with Gasteiger partial charge in [0, 0.05) is 12.0 Å². The number of carbonyl (C=O) groups is 1. The lowest BCUT2D eigenvalue weighted by Gasteiger charge is -2.42. The molecular formula is C12H20FNO3. The van der Waals surface area contributed by atoms with Crippen LogP contribution in [0.2, 0.25) is 0 Å². The molecule has 2 heterocycles. The quantitative estimate of drug-likeness (QED) is 0.827. The van der Waals surface area contributed by atoms with E-state index in [-0.39, 0.29) is 5.41 Å². The SMILES string of the molecule is CC(C)(C)OC(=O)NCC12COC(CF)(C1)C2. The maximum atomic E-state index is 12.7. The van der Waals surface area contributed by atoms with E-state index in [9.17, 15) is 9.18 Å². The molecule has 1 amide bonds. The number of hydrogen-bond acceptors (Lipinski definition) is 3. The van der Waals surface area contributed by atoms with Gasteiger partial charge >= 0.3 is 6.09 Å². The number of ether oxygens (including phenoxy) is 2. The van der Waals surface area contributed by atoms with E-state index >= 15 is 0 Å². The first kappa shape index (κ1) is 12.6. The molecule has 0 unspecified atom stereocenters. The van der Waals surface area contributed by atoms with Gasteiger partial charge in [-0.15, -0.1) is 0 Å². The molecule has 3 aliphatic rings. The minimum Gasteiger partial charge on any atom is -0.444 e. The third kappa shape index (κ3) is 2.54. The third-order valence-corrected chi connectivity index (χ3v) is 3.33. The zero-order valence-electron chi connectivity index (χ0n) is 10.6. The maximum Gasteiger partial charge on any atom is 0.407 e. The van der Waals surface area contributed by atoms with Crippen LogP contribution >= 0.6 is 0 Å². The van der Waals surface area contributed by atoms with Crippen LogP contribution in [0, 0.1) is 5.41 Å². The first-order chi connectivity index (χ1) is 7.78. The maximum absolute atomic E-state index is 12.7. The van der Waals surface area contributed by atoms with E-state index in [0.29, 0.717) is 26.0 Å². The van der Waals surface area contributed by atoms with Gasteiger partial charge in [-0.2, -0.15) is 0 Å². The largest absolute Gasteiger partial charge is 0.444 e. The molecule has 5 heteroatoms. The van der Waals surface area contributed by atoms with Crippen LogP contribution in [0.1, 0.15) is 33.6 Å². The Labute approximate surface area is 101 Å². The molecule has 0 atom stereocenters. The lowest BCUT2D eigenvalue weighted by atomic mass is 9.63. The molecule has 2 saturated heterocycles. The number of alkyl halides is 1. The first-order valence-electron chi connectivity index (χ1n) is 5.95. The highest BCUT2D eigenvalue weighted by molar-refractivity contribution is 5.67. The number of carbonyl (C=O) groups excluding carboxylic acids is 1. The molecular weight excluding hydrogens is 225 g/mol. The number of alkyl carbamates (subject to hydrolysis) is 1. The van der Waals surface area contributed by atoms with E-state index in [1.165, 1.54) is 0 Å². The molecule has 0 spiro atoms. The zero-order valence-corrected chi connectivity index (χ0v) is 10.6. The van der Waals surface area contributed by atoms with Crippen LogP contribution in [0.3, 0.4) is 0 Å². The van der Waals surface area contributed by atoms with E-state index in [0.717, 1.165) is 0 Å². The molecule has 98 valence electrons. The van der Waals surface area contributed by atoms with E-state index in [1.807, 2.05) is 20.8 Å². The van der Waals surface area contributed by atoms with E-state index in [1.54, 1.807) is 0 Å². The molecule has 3 rings (SSSR count). The van der Waals surface area contributed by atoms with Crippen molar-refractivity contribution in [3.05, 3.63) is 0 Å². The Balaban J connectivity index is 1.76. The van der Waals surface area contributed by atoms with Gasteiger partial charge in [0.15, 0.2) is 0 Å². The van der Waals surface area contributed by atoms with Gasteiger partial charge in [0.1, 0.15) is 12.3 Å². The predicted molar refractivity (Wildman–Crippen MR) is 60.6 cm³/mol. The van der Waals surface area contributed by atoms with Gasteiger partial charge in [0.05, 0.1) is 12.2 Å². The summed E-state index contributed by atoms with van der Waals surface area (Å²) in [5.41, 5.74) is -1.10. The summed E-state index contributed by atoms with van der Waals surface area (Å²) < 4.78 is 23.3.